The van der Waals surface area contributed by atoms with Gasteiger partial charge in [-0.3, -0.25) is 0 Å². The molecule has 1 fully saturated rings. The van der Waals surface area contributed by atoms with Crippen LogP contribution >= 0.6 is 12.2 Å². The summed E-state index contributed by atoms with van der Waals surface area (Å²) in [4.78, 5) is 1.99. The van der Waals surface area contributed by atoms with Gasteiger partial charge in [-0.15, -0.1) is 0 Å². The van der Waals surface area contributed by atoms with Crippen LogP contribution in [0.3, 0.4) is 0 Å². The lowest BCUT2D eigenvalue weighted by Crippen LogP contribution is -2.56. The Morgan fingerprint density at radius 2 is 1.75 bits per heavy atom. The number of nitriles is 1. The zero-order valence-corrected chi connectivity index (χ0v) is 20.7. The number of aliphatic hydroxyl groups is 4. The number of aromatic nitrogens is 1. The third kappa shape index (κ3) is 3.74. The highest BCUT2D eigenvalue weighted by Crippen LogP contribution is 2.46. The van der Waals surface area contributed by atoms with E-state index in [2.05, 4.69) is 6.07 Å². The summed E-state index contributed by atoms with van der Waals surface area (Å²) in [5.41, 5.74) is 6.29. The highest BCUT2D eigenvalue weighted by Gasteiger charge is 2.46. The summed E-state index contributed by atoms with van der Waals surface area (Å²) in [5.74, 6) is 0. The molecule has 2 heterocycles. The van der Waals surface area contributed by atoms with Gasteiger partial charge in [-0.2, -0.15) is 5.26 Å². The van der Waals surface area contributed by atoms with Gasteiger partial charge in [0.05, 0.1) is 17.9 Å². The first-order chi connectivity index (χ1) is 17.3. The first kappa shape index (κ1) is 24.6. The second kappa shape index (κ2) is 9.41. The number of hydrogen-bond acceptors (Lipinski definition) is 8. The molecule has 186 valence electrons. The molecule has 1 aliphatic heterocycles. The molecule has 3 aromatic rings. The van der Waals surface area contributed by atoms with E-state index in [9.17, 15) is 25.7 Å². The summed E-state index contributed by atoms with van der Waals surface area (Å²) >= 11 is 5.83. The van der Waals surface area contributed by atoms with Crippen LogP contribution in [-0.4, -0.2) is 70.1 Å². The van der Waals surface area contributed by atoms with E-state index in [1.54, 1.807) is 4.57 Å². The van der Waals surface area contributed by atoms with Gasteiger partial charge >= 0.3 is 0 Å². The zero-order chi connectivity index (χ0) is 25.7. The molecule has 36 heavy (non-hydrogen) atoms. The van der Waals surface area contributed by atoms with Crippen LogP contribution in [0.4, 0.5) is 5.69 Å². The topological polar surface area (TPSA) is 122 Å². The summed E-state index contributed by atoms with van der Waals surface area (Å²) < 4.78 is 7.60. The molecule has 5 atom stereocenters. The molecule has 0 spiro atoms. The molecule has 0 saturated carbocycles. The number of pyridine rings is 1. The molecule has 2 aromatic carbocycles. The fraction of sp³-hybridized carbons (Fsp3) is 0.333. The van der Waals surface area contributed by atoms with Crippen molar-refractivity contribution >= 4 is 17.9 Å². The molecule has 1 saturated heterocycles. The summed E-state index contributed by atoms with van der Waals surface area (Å²) in [5, 5.41) is 51.7. The predicted molar refractivity (Wildman–Crippen MR) is 137 cm³/mol. The quantitative estimate of drug-likeness (QED) is 0.312. The van der Waals surface area contributed by atoms with Gasteiger partial charge in [0.25, 0.3) is 0 Å². The Balaban J connectivity index is 1.80. The Hall–Kier alpha value is -3.10. The SMILES string of the molecule is CN(C)c1ccc(-c2c3c(n([C@@H]4O[C@H](CO)[C@H](O)C(O)[C@H]4O)c(=S)c2C#N)-c2ccccc2C3)cc1. The van der Waals surface area contributed by atoms with Crippen LogP contribution in [0.1, 0.15) is 22.9 Å². The van der Waals surface area contributed by atoms with Gasteiger partial charge in [0.1, 0.15) is 35.1 Å². The van der Waals surface area contributed by atoms with Gasteiger partial charge in [-0.05, 0) is 28.8 Å². The minimum absolute atomic E-state index is 0.143. The van der Waals surface area contributed by atoms with Gasteiger partial charge in [-0.1, -0.05) is 48.6 Å². The molecule has 9 heteroatoms. The normalized spacial score (nSPS) is 24.6. The minimum atomic E-state index is -1.57. The van der Waals surface area contributed by atoms with Crippen molar-refractivity contribution in [2.75, 3.05) is 25.6 Å². The molecule has 1 aromatic heterocycles. The Morgan fingerprint density at radius 1 is 1.06 bits per heavy atom. The minimum Gasteiger partial charge on any atom is -0.394 e. The number of rotatable bonds is 4. The van der Waals surface area contributed by atoms with Gasteiger partial charge in [0.2, 0.25) is 0 Å². The molecule has 0 radical (unpaired) electrons. The summed E-state index contributed by atoms with van der Waals surface area (Å²) in [7, 11) is 3.91. The molecular weight excluding hydrogens is 478 g/mol. The van der Waals surface area contributed by atoms with E-state index < -0.39 is 37.3 Å². The van der Waals surface area contributed by atoms with Crippen molar-refractivity contribution in [2.45, 2.75) is 37.1 Å². The van der Waals surface area contributed by atoms with Crippen LogP contribution in [0.2, 0.25) is 0 Å². The van der Waals surface area contributed by atoms with Gasteiger partial charge < -0.3 is 34.6 Å². The Morgan fingerprint density at radius 3 is 2.39 bits per heavy atom. The van der Waals surface area contributed by atoms with Gasteiger partial charge in [0.15, 0.2) is 6.23 Å². The average Bonchev–Trinajstić information content (AvgIpc) is 3.26. The van der Waals surface area contributed by atoms with Crippen LogP contribution in [-0.2, 0) is 11.2 Å². The van der Waals surface area contributed by atoms with E-state index in [1.807, 2.05) is 67.5 Å². The predicted octanol–water partition coefficient (Wildman–Crippen LogP) is 2.37. The first-order valence-corrected chi connectivity index (χ1v) is 12.1. The molecule has 4 N–H and O–H groups in total. The fourth-order valence-electron chi connectivity index (χ4n) is 5.19. The van der Waals surface area contributed by atoms with Crippen molar-refractivity contribution < 1.29 is 25.2 Å². The lowest BCUT2D eigenvalue weighted by molar-refractivity contribution is -0.251. The van der Waals surface area contributed by atoms with Crippen molar-refractivity contribution in [3.63, 3.8) is 0 Å². The number of benzene rings is 2. The number of anilines is 1. The molecule has 1 unspecified atom stereocenters. The zero-order valence-electron chi connectivity index (χ0n) is 19.9. The first-order valence-electron chi connectivity index (χ1n) is 11.7. The number of ether oxygens (including phenoxy) is 1. The summed E-state index contributed by atoms with van der Waals surface area (Å²) in [6.07, 6.45) is -6.39. The molecular formula is C27H27N3O5S. The molecule has 5 rings (SSSR count). The van der Waals surface area contributed by atoms with Crippen molar-refractivity contribution in [1.82, 2.24) is 4.57 Å². The second-order valence-corrected chi connectivity index (χ2v) is 9.75. The van der Waals surface area contributed by atoms with Gasteiger partial charge in [-0.25, -0.2) is 0 Å². The van der Waals surface area contributed by atoms with Crippen LogP contribution in [0.5, 0.6) is 0 Å². The maximum absolute atomic E-state index is 10.9. The monoisotopic (exact) mass is 505 g/mol. The van der Waals surface area contributed by atoms with Crippen molar-refractivity contribution in [3.05, 3.63) is 69.9 Å². The van der Waals surface area contributed by atoms with E-state index in [1.165, 1.54) is 0 Å². The molecule has 1 aliphatic carbocycles. The van der Waals surface area contributed by atoms with Crippen LogP contribution in [0, 0.1) is 16.0 Å². The largest absolute Gasteiger partial charge is 0.394 e. The maximum atomic E-state index is 10.9. The fourth-order valence-corrected chi connectivity index (χ4v) is 5.53. The third-order valence-electron chi connectivity index (χ3n) is 7.06. The lowest BCUT2D eigenvalue weighted by Gasteiger charge is -2.41. The van der Waals surface area contributed by atoms with E-state index in [4.69, 9.17) is 17.0 Å². The molecule has 8 nitrogen and oxygen atoms in total. The van der Waals surface area contributed by atoms with E-state index in [0.29, 0.717) is 12.1 Å². The average molecular weight is 506 g/mol. The Bertz CT molecular complexity index is 1410. The maximum Gasteiger partial charge on any atom is 0.164 e. The van der Waals surface area contributed by atoms with Crippen molar-refractivity contribution in [3.8, 4) is 28.5 Å². The van der Waals surface area contributed by atoms with Crippen LogP contribution in [0.25, 0.3) is 22.4 Å². The molecule has 0 amide bonds. The molecule has 0 bridgehead atoms. The number of nitrogens with zero attached hydrogens (tertiary/aromatic N) is 3. The lowest BCUT2D eigenvalue weighted by atomic mass is 9.93. The van der Waals surface area contributed by atoms with E-state index >= 15 is 0 Å². The number of fused-ring (bicyclic) bond motifs is 3. The van der Waals surface area contributed by atoms with Crippen molar-refractivity contribution in [2.24, 2.45) is 0 Å². The summed E-state index contributed by atoms with van der Waals surface area (Å²) in [6.45, 7) is -0.561. The van der Waals surface area contributed by atoms with Crippen molar-refractivity contribution in [1.29, 1.82) is 5.26 Å². The van der Waals surface area contributed by atoms with Gasteiger partial charge in [0, 0.05) is 37.3 Å². The Labute approximate surface area is 213 Å². The third-order valence-corrected chi connectivity index (χ3v) is 7.46. The van der Waals surface area contributed by atoms with Crippen LogP contribution < -0.4 is 4.90 Å². The van der Waals surface area contributed by atoms with E-state index in [0.717, 1.165) is 33.5 Å². The standard InChI is InChI=1S/C27H27N3O5S/c1-29(2)16-9-7-14(8-10-16)21-18-11-15-5-3-4-6-17(15)22(18)30(27(36)19(21)12-28)26-25(34)24(33)23(32)20(13-31)35-26/h3-10,20,23-26,31-34H,11,13H2,1-2H3/t20-,23+,24?,25-,26-/m1/s1. The van der Waals surface area contributed by atoms with Crippen LogP contribution in [0.15, 0.2) is 48.5 Å². The van der Waals surface area contributed by atoms with E-state index in [-0.39, 0.29) is 10.2 Å². The second-order valence-electron chi connectivity index (χ2n) is 9.36. The molecule has 2 aliphatic rings. The Kier molecular flexibility index (Phi) is 6.43. The smallest absolute Gasteiger partial charge is 0.164 e. The highest BCUT2D eigenvalue weighted by atomic mass is 32.1. The summed E-state index contributed by atoms with van der Waals surface area (Å²) in [6, 6.07) is 17.9. The number of aliphatic hydroxyl groups excluding tert-OH is 4. The number of hydrogen-bond donors (Lipinski definition) is 4. The highest BCUT2D eigenvalue weighted by molar-refractivity contribution is 7.71.